The predicted molar refractivity (Wildman–Crippen MR) is 44.0 cm³/mol. The molecule has 0 radical (unpaired) electrons. The number of amides is 1. The minimum absolute atomic E-state index is 0.0353. The Hall–Kier alpha value is -0.620. The Morgan fingerprint density at radius 3 is 2.00 bits per heavy atom. The van der Waals surface area contributed by atoms with Crippen molar-refractivity contribution < 1.29 is 13.2 Å². The van der Waals surface area contributed by atoms with Crippen LogP contribution in [-0.4, -0.2) is 31.4 Å². The van der Waals surface area contributed by atoms with Crippen LogP contribution < -0.4 is 11.5 Å². The molecule has 1 amide bonds. The molecule has 5 nitrogen and oxygen atoms in total. The fraction of sp³-hybridized carbons (Fsp3) is 0.833. The van der Waals surface area contributed by atoms with Crippen molar-refractivity contribution in [3.63, 3.8) is 0 Å². The zero-order chi connectivity index (χ0) is 9.41. The summed E-state index contributed by atoms with van der Waals surface area (Å²) in [6.07, 6.45) is 0.287. The maximum Gasteiger partial charge on any atom is 0.237 e. The van der Waals surface area contributed by atoms with Crippen LogP contribution in [0.25, 0.3) is 0 Å². The van der Waals surface area contributed by atoms with Crippen molar-refractivity contribution in [3.8, 4) is 0 Å². The minimum Gasteiger partial charge on any atom is -0.368 e. The van der Waals surface area contributed by atoms with Gasteiger partial charge in [-0.15, -0.1) is 0 Å². The molecule has 1 heterocycles. The van der Waals surface area contributed by atoms with E-state index in [9.17, 15) is 13.2 Å². The third kappa shape index (κ3) is 1.75. The first-order valence-electron chi connectivity index (χ1n) is 3.65. The number of hydrogen-bond donors (Lipinski definition) is 2. The maximum atomic E-state index is 11.0. The van der Waals surface area contributed by atoms with E-state index in [2.05, 4.69) is 0 Å². The fourth-order valence-corrected chi connectivity index (χ4v) is 2.70. The van der Waals surface area contributed by atoms with Gasteiger partial charge < -0.3 is 11.5 Å². The summed E-state index contributed by atoms with van der Waals surface area (Å²) >= 11 is 0. The molecule has 12 heavy (non-hydrogen) atoms. The number of carbonyl (C=O) groups excluding carboxylic acids is 1. The lowest BCUT2D eigenvalue weighted by Gasteiger charge is -2.29. The topological polar surface area (TPSA) is 103 Å². The summed E-state index contributed by atoms with van der Waals surface area (Å²) in [7, 11) is -2.98. The number of hydrogen-bond acceptors (Lipinski definition) is 4. The molecule has 6 heteroatoms. The highest BCUT2D eigenvalue weighted by Gasteiger charge is 2.38. The number of carbonyl (C=O) groups is 1. The average molecular weight is 192 g/mol. The molecule has 4 N–H and O–H groups in total. The van der Waals surface area contributed by atoms with Crippen LogP contribution in [-0.2, 0) is 14.6 Å². The van der Waals surface area contributed by atoms with Crippen molar-refractivity contribution in [1.82, 2.24) is 0 Å². The Morgan fingerprint density at radius 2 is 1.67 bits per heavy atom. The van der Waals surface area contributed by atoms with Crippen molar-refractivity contribution in [2.75, 3.05) is 11.5 Å². The van der Waals surface area contributed by atoms with Crippen LogP contribution in [0.1, 0.15) is 12.8 Å². The highest BCUT2D eigenvalue weighted by molar-refractivity contribution is 7.91. The number of rotatable bonds is 1. The molecule has 1 saturated heterocycles. The lowest BCUT2D eigenvalue weighted by Crippen LogP contribution is -2.56. The van der Waals surface area contributed by atoms with Crippen LogP contribution in [0.5, 0.6) is 0 Å². The minimum atomic E-state index is -2.98. The van der Waals surface area contributed by atoms with Gasteiger partial charge in [0.1, 0.15) is 9.84 Å². The molecule has 0 aromatic heterocycles. The maximum absolute atomic E-state index is 11.0. The smallest absolute Gasteiger partial charge is 0.237 e. The van der Waals surface area contributed by atoms with Crippen molar-refractivity contribution in [3.05, 3.63) is 0 Å². The predicted octanol–water partition coefficient (Wildman–Crippen LogP) is -1.62. The Balaban J connectivity index is 2.74. The third-order valence-electron chi connectivity index (χ3n) is 2.21. The molecular weight excluding hydrogens is 180 g/mol. The van der Waals surface area contributed by atoms with E-state index in [1.165, 1.54) is 0 Å². The van der Waals surface area contributed by atoms with E-state index < -0.39 is 21.3 Å². The van der Waals surface area contributed by atoms with E-state index in [0.29, 0.717) is 0 Å². The van der Waals surface area contributed by atoms with Crippen molar-refractivity contribution in [1.29, 1.82) is 0 Å². The van der Waals surface area contributed by atoms with Crippen LogP contribution in [0, 0.1) is 0 Å². The summed E-state index contributed by atoms with van der Waals surface area (Å²) < 4.78 is 21.9. The number of sulfone groups is 1. The van der Waals surface area contributed by atoms with Gasteiger partial charge in [0.2, 0.25) is 5.91 Å². The second-order valence-corrected chi connectivity index (χ2v) is 5.48. The summed E-state index contributed by atoms with van der Waals surface area (Å²) in [5.74, 6) is -0.684. The third-order valence-corrected chi connectivity index (χ3v) is 3.86. The van der Waals surface area contributed by atoms with Gasteiger partial charge in [-0.2, -0.15) is 0 Å². The lowest BCUT2D eigenvalue weighted by atomic mass is 9.93. The van der Waals surface area contributed by atoms with Gasteiger partial charge in [0, 0.05) is 0 Å². The average Bonchev–Trinajstić information content (AvgIpc) is 1.96. The van der Waals surface area contributed by atoms with Crippen LogP contribution in [0.15, 0.2) is 0 Å². The standard InChI is InChI=1S/C6H12N2O3S/c7-5(9)6(8)1-3-12(10,11)4-2-6/h1-4,8H2,(H2,7,9). The molecule has 0 atom stereocenters. The van der Waals surface area contributed by atoms with E-state index in [-0.39, 0.29) is 24.3 Å². The van der Waals surface area contributed by atoms with Gasteiger partial charge in [0.05, 0.1) is 17.0 Å². The van der Waals surface area contributed by atoms with Crippen molar-refractivity contribution in [2.24, 2.45) is 11.5 Å². The highest BCUT2D eigenvalue weighted by atomic mass is 32.2. The first-order chi connectivity index (χ1) is 5.36. The van der Waals surface area contributed by atoms with Crippen molar-refractivity contribution >= 4 is 15.7 Å². The monoisotopic (exact) mass is 192 g/mol. The molecule has 0 unspecified atom stereocenters. The Morgan fingerprint density at radius 1 is 1.25 bits per heavy atom. The van der Waals surface area contributed by atoms with Gasteiger partial charge in [-0.3, -0.25) is 4.79 Å². The van der Waals surface area contributed by atoms with Crippen LogP contribution in [0.3, 0.4) is 0 Å². The molecule has 0 aromatic rings. The molecule has 0 aliphatic carbocycles. The fourth-order valence-electron chi connectivity index (χ4n) is 1.15. The Labute approximate surface area is 71.0 Å². The van der Waals surface area contributed by atoms with E-state index in [1.807, 2.05) is 0 Å². The Bertz CT molecular complexity index is 282. The van der Waals surface area contributed by atoms with Crippen LogP contribution in [0.4, 0.5) is 0 Å². The van der Waals surface area contributed by atoms with Gasteiger partial charge in [0.15, 0.2) is 0 Å². The summed E-state index contributed by atoms with van der Waals surface area (Å²) in [6, 6.07) is 0. The normalized spacial score (nSPS) is 26.4. The molecule has 1 rings (SSSR count). The molecule has 1 fully saturated rings. The molecule has 1 aliphatic rings. The first kappa shape index (κ1) is 9.47. The van der Waals surface area contributed by atoms with Crippen LogP contribution in [0.2, 0.25) is 0 Å². The van der Waals surface area contributed by atoms with Crippen molar-refractivity contribution in [2.45, 2.75) is 18.4 Å². The molecule has 0 spiro atoms. The molecule has 0 saturated carbocycles. The molecule has 70 valence electrons. The summed E-state index contributed by atoms with van der Waals surface area (Å²) in [5, 5.41) is 0. The zero-order valence-electron chi connectivity index (χ0n) is 6.62. The second-order valence-electron chi connectivity index (χ2n) is 3.17. The first-order valence-corrected chi connectivity index (χ1v) is 5.47. The highest BCUT2D eigenvalue weighted by Crippen LogP contribution is 2.20. The lowest BCUT2D eigenvalue weighted by molar-refractivity contribution is -0.123. The van der Waals surface area contributed by atoms with Gasteiger partial charge in [-0.25, -0.2) is 8.42 Å². The molecule has 0 aromatic carbocycles. The summed E-state index contributed by atoms with van der Waals surface area (Å²) in [5.41, 5.74) is 9.51. The summed E-state index contributed by atoms with van der Waals surface area (Å²) in [4.78, 5) is 10.8. The van der Waals surface area contributed by atoms with Gasteiger partial charge in [-0.1, -0.05) is 0 Å². The van der Waals surface area contributed by atoms with E-state index in [4.69, 9.17) is 11.5 Å². The molecular formula is C6H12N2O3S. The molecule has 1 aliphatic heterocycles. The van der Waals surface area contributed by atoms with E-state index in [1.54, 1.807) is 0 Å². The van der Waals surface area contributed by atoms with Crippen LogP contribution >= 0.6 is 0 Å². The quantitative estimate of drug-likeness (QED) is 0.521. The molecule has 0 bridgehead atoms. The van der Waals surface area contributed by atoms with E-state index in [0.717, 1.165) is 0 Å². The van der Waals surface area contributed by atoms with Gasteiger partial charge in [0.25, 0.3) is 0 Å². The SMILES string of the molecule is NC(=O)C1(N)CCS(=O)(=O)CC1. The Kier molecular flexibility index (Phi) is 2.13. The largest absolute Gasteiger partial charge is 0.368 e. The zero-order valence-corrected chi connectivity index (χ0v) is 7.43. The summed E-state index contributed by atoms with van der Waals surface area (Å²) in [6.45, 7) is 0. The number of primary amides is 1. The van der Waals surface area contributed by atoms with E-state index >= 15 is 0 Å². The van der Waals surface area contributed by atoms with Gasteiger partial charge in [-0.05, 0) is 12.8 Å². The second kappa shape index (κ2) is 2.70. The number of nitrogens with two attached hydrogens (primary N) is 2. The van der Waals surface area contributed by atoms with Gasteiger partial charge >= 0.3 is 0 Å².